The molecule has 0 nitrogen and oxygen atoms in total. The van der Waals surface area contributed by atoms with Crippen molar-refractivity contribution in [2.24, 2.45) is 0 Å². The molecule has 1 aromatic carbocycles. The maximum atomic E-state index is 2.53. The molecule has 1 rings (SSSR count). The highest BCUT2D eigenvalue weighted by molar-refractivity contribution is 5.30. The SMILES string of the molecule is CCCCCCCCCCCCCc1cc(CC)cc(CCCCCCCCCCCCC)c1. The van der Waals surface area contributed by atoms with Crippen LogP contribution in [0.3, 0.4) is 0 Å². The minimum Gasteiger partial charge on any atom is -0.0654 e. The molecule has 0 heteroatoms. The second-order valence-electron chi connectivity index (χ2n) is 11.1. The lowest BCUT2D eigenvalue weighted by atomic mass is 9.96. The van der Waals surface area contributed by atoms with E-state index in [-0.39, 0.29) is 0 Å². The van der Waals surface area contributed by atoms with E-state index in [2.05, 4.69) is 39.0 Å². The van der Waals surface area contributed by atoms with Gasteiger partial charge in [0.15, 0.2) is 0 Å². The fraction of sp³-hybridized carbons (Fsp3) is 0.824. The summed E-state index contributed by atoms with van der Waals surface area (Å²) in [5, 5.41) is 0. The van der Waals surface area contributed by atoms with Crippen LogP contribution in [0.2, 0.25) is 0 Å². The van der Waals surface area contributed by atoms with Crippen molar-refractivity contribution in [3.05, 3.63) is 34.9 Å². The van der Waals surface area contributed by atoms with E-state index in [1.54, 1.807) is 16.7 Å². The highest BCUT2D eigenvalue weighted by atomic mass is 14.1. The molecule has 0 aliphatic rings. The molecular formula is C34H62. The number of benzene rings is 1. The van der Waals surface area contributed by atoms with Crippen LogP contribution >= 0.6 is 0 Å². The van der Waals surface area contributed by atoms with E-state index in [0.29, 0.717) is 0 Å². The van der Waals surface area contributed by atoms with Crippen molar-refractivity contribution in [2.75, 3.05) is 0 Å². The van der Waals surface area contributed by atoms with Gasteiger partial charge in [-0.3, -0.25) is 0 Å². The Bertz CT molecular complexity index is 499. The summed E-state index contributed by atoms with van der Waals surface area (Å²) in [7, 11) is 0. The molecular weight excluding hydrogens is 408 g/mol. The van der Waals surface area contributed by atoms with Crippen molar-refractivity contribution in [1.29, 1.82) is 0 Å². The Balaban J connectivity index is 2.10. The van der Waals surface area contributed by atoms with Crippen LogP contribution < -0.4 is 0 Å². The lowest BCUT2D eigenvalue weighted by Gasteiger charge is -2.10. The Labute approximate surface area is 216 Å². The monoisotopic (exact) mass is 470 g/mol. The predicted octanol–water partition coefficient (Wildman–Crippen LogP) is 12.0. The molecule has 0 unspecified atom stereocenters. The standard InChI is InChI=1S/C34H62/c1-4-7-9-11-13-15-17-19-21-23-25-27-33-29-32(6-3)30-34(31-33)28-26-24-22-20-18-16-14-12-10-8-5-2/h29-31H,4-28H2,1-3H3. The van der Waals surface area contributed by atoms with Gasteiger partial charge in [-0.1, -0.05) is 167 Å². The van der Waals surface area contributed by atoms with Crippen LogP contribution in [0.5, 0.6) is 0 Å². The van der Waals surface area contributed by atoms with Crippen molar-refractivity contribution < 1.29 is 0 Å². The first-order chi connectivity index (χ1) is 16.8. The van der Waals surface area contributed by atoms with Gasteiger partial charge in [0.05, 0.1) is 0 Å². The summed E-state index contributed by atoms with van der Waals surface area (Å²) in [6, 6.07) is 7.51. The molecule has 0 spiro atoms. The third kappa shape index (κ3) is 18.5. The Hall–Kier alpha value is -0.780. The number of rotatable bonds is 25. The van der Waals surface area contributed by atoms with Gasteiger partial charge in [-0.2, -0.15) is 0 Å². The summed E-state index contributed by atoms with van der Waals surface area (Å²) in [5.74, 6) is 0. The van der Waals surface area contributed by atoms with E-state index in [1.807, 2.05) is 0 Å². The topological polar surface area (TPSA) is 0 Å². The Morgan fingerprint density at radius 1 is 0.324 bits per heavy atom. The number of hydrogen-bond acceptors (Lipinski definition) is 0. The summed E-state index contributed by atoms with van der Waals surface area (Å²) in [6.07, 6.45) is 35.3. The van der Waals surface area contributed by atoms with Gasteiger partial charge in [-0.05, 0) is 48.8 Å². The molecule has 0 atom stereocenters. The van der Waals surface area contributed by atoms with Crippen LogP contribution in [0.4, 0.5) is 0 Å². The molecule has 0 saturated heterocycles. The lowest BCUT2D eigenvalue weighted by Crippen LogP contribution is -1.95. The molecule has 198 valence electrons. The fourth-order valence-corrected chi connectivity index (χ4v) is 5.32. The van der Waals surface area contributed by atoms with Gasteiger partial charge in [0.25, 0.3) is 0 Å². The average molecular weight is 471 g/mol. The Kier molecular flexibility index (Phi) is 22.0. The normalized spacial score (nSPS) is 11.4. The van der Waals surface area contributed by atoms with Crippen molar-refractivity contribution in [3.63, 3.8) is 0 Å². The predicted molar refractivity (Wildman–Crippen MR) is 156 cm³/mol. The second kappa shape index (κ2) is 23.9. The van der Waals surface area contributed by atoms with Crippen molar-refractivity contribution in [3.8, 4) is 0 Å². The van der Waals surface area contributed by atoms with E-state index in [9.17, 15) is 0 Å². The van der Waals surface area contributed by atoms with Crippen molar-refractivity contribution >= 4 is 0 Å². The zero-order valence-corrected chi connectivity index (χ0v) is 23.9. The summed E-state index contributed by atoms with van der Waals surface area (Å²) in [6.45, 7) is 6.92. The van der Waals surface area contributed by atoms with Crippen LogP contribution in [0, 0.1) is 0 Å². The van der Waals surface area contributed by atoms with Gasteiger partial charge in [-0.25, -0.2) is 0 Å². The van der Waals surface area contributed by atoms with Crippen LogP contribution in [0.25, 0.3) is 0 Å². The molecule has 0 saturated carbocycles. The number of hydrogen-bond donors (Lipinski definition) is 0. The minimum absolute atomic E-state index is 1.18. The maximum Gasteiger partial charge on any atom is -0.0279 e. The van der Waals surface area contributed by atoms with Crippen LogP contribution in [-0.4, -0.2) is 0 Å². The highest BCUT2D eigenvalue weighted by Crippen LogP contribution is 2.18. The van der Waals surface area contributed by atoms with Crippen LogP contribution in [-0.2, 0) is 19.3 Å². The summed E-state index contributed by atoms with van der Waals surface area (Å²) in [4.78, 5) is 0. The Morgan fingerprint density at radius 3 is 0.882 bits per heavy atom. The average Bonchev–Trinajstić information content (AvgIpc) is 2.85. The largest absolute Gasteiger partial charge is 0.0654 e. The number of aryl methyl sites for hydroxylation is 3. The smallest absolute Gasteiger partial charge is 0.0279 e. The van der Waals surface area contributed by atoms with E-state index in [1.165, 1.54) is 161 Å². The third-order valence-electron chi connectivity index (χ3n) is 7.66. The molecule has 0 radical (unpaired) electrons. The first-order valence-corrected chi connectivity index (χ1v) is 15.9. The molecule has 0 N–H and O–H groups in total. The molecule has 0 heterocycles. The van der Waals surface area contributed by atoms with Gasteiger partial charge in [-0.15, -0.1) is 0 Å². The van der Waals surface area contributed by atoms with Gasteiger partial charge >= 0.3 is 0 Å². The molecule has 0 fully saturated rings. The summed E-state index contributed by atoms with van der Waals surface area (Å²) < 4.78 is 0. The first kappa shape index (κ1) is 31.3. The maximum absolute atomic E-state index is 2.53. The first-order valence-electron chi connectivity index (χ1n) is 15.9. The summed E-state index contributed by atoms with van der Waals surface area (Å²) in [5.41, 5.74) is 4.76. The molecule has 0 amide bonds. The molecule has 1 aromatic rings. The van der Waals surface area contributed by atoms with Crippen LogP contribution in [0.1, 0.15) is 179 Å². The molecule has 0 aliphatic heterocycles. The van der Waals surface area contributed by atoms with Crippen molar-refractivity contribution in [1.82, 2.24) is 0 Å². The van der Waals surface area contributed by atoms with Gasteiger partial charge in [0.1, 0.15) is 0 Å². The fourth-order valence-electron chi connectivity index (χ4n) is 5.32. The molecule has 34 heavy (non-hydrogen) atoms. The minimum atomic E-state index is 1.18. The highest BCUT2D eigenvalue weighted by Gasteiger charge is 2.02. The second-order valence-corrected chi connectivity index (χ2v) is 11.1. The van der Waals surface area contributed by atoms with E-state index in [0.717, 1.165) is 0 Å². The Morgan fingerprint density at radius 2 is 0.588 bits per heavy atom. The quantitative estimate of drug-likeness (QED) is 0.125. The number of unbranched alkanes of at least 4 members (excludes halogenated alkanes) is 20. The van der Waals surface area contributed by atoms with Crippen LogP contribution in [0.15, 0.2) is 18.2 Å². The molecule has 0 aromatic heterocycles. The van der Waals surface area contributed by atoms with E-state index < -0.39 is 0 Å². The van der Waals surface area contributed by atoms with Gasteiger partial charge in [0, 0.05) is 0 Å². The van der Waals surface area contributed by atoms with Crippen molar-refractivity contribution in [2.45, 2.75) is 181 Å². The zero-order valence-electron chi connectivity index (χ0n) is 23.9. The molecule has 0 bridgehead atoms. The third-order valence-corrected chi connectivity index (χ3v) is 7.66. The lowest BCUT2D eigenvalue weighted by molar-refractivity contribution is 0.548. The zero-order chi connectivity index (χ0) is 24.5. The van der Waals surface area contributed by atoms with E-state index >= 15 is 0 Å². The summed E-state index contributed by atoms with van der Waals surface area (Å²) >= 11 is 0. The van der Waals surface area contributed by atoms with E-state index in [4.69, 9.17) is 0 Å². The van der Waals surface area contributed by atoms with Gasteiger partial charge < -0.3 is 0 Å². The van der Waals surface area contributed by atoms with Gasteiger partial charge in [0.2, 0.25) is 0 Å². The molecule has 0 aliphatic carbocycles.